The lowest BCUT2D eigenvalue weighted by Gasteiger charge is -2.14. The third-order valence-corrected chi connectivity index (χ3v) is 5.87. The van der Waals surface area contributed by atoms with Crippen LogP contribution in [0.15, 0.2) is 88.1 Å². The zero-order valence-corrected chi connectivity index (χ0v) is 20.9. The van der Waals surface area contributed by atoms with Gasteiger partial charge in [-0.1, -0.05) is 62.2 Å². The van der Waals surface area contributed by atoms with Crippen LogP contribution in [0.2, 0.25) is 5.28 Å². The van der Waals surface area contributed by atoms with E-state index in [0.717, 1.165) is 30.8 Å². The van der Waals surface area contributed by atoms with E-state index in [1.165, 1.54) is 5.56 Å². The molecule has 8 heteroatoms. The Morgan fingerprint density at radius 2 is 1.38 bits per heavy atom. The van der Waals surface area contributed by atoms with Crippen molar-refractivity contribution >= 4 is 71.2 Å². The topological polar surface area (TPSA) is 63.6 Å². The van der Waals surface area contributed by atoms with Gasteiger partial charge in [-0.05, 0) is 60.5 Å². The Hall–Kier alpha value is -2.61. The fraction of sp³-hybridized carbons (Fsp3) is 0.0833. The minimum Gasteiger partial charge on any atom is -0.348 e. The maximum absolute atomic E-state index is 5.62. The highest BCUT2D eigenvalue weighted by Gasteiger charge is 2.07. The molecule has 3 aromatic carbocycles. The fourth-order valence-electron chi connectivity index (χ4n) is 3.07. The van der Waals surface area contributed by atoms with Crippen molar-refractivity contribution in [2.45, 2.75) is 13.0 Å². The molecule has 0 aliphatic heterocycles. The van der Waals surface area contributed by atoms with Gasteiger partial charge in [-0.3, -0.25) is 0 Å². The third kappa shape index (κ3) is 5.79. The summed E-state index contributed by atoms with van der Waals surface area (Å²) in [4.78, 5) is 16.8. The van der Waals surface area contributed by atoms with Crippen LogP contribution in [0.25, 0.3) is 21.8 Å². The molecule has 5 nitrogen and oxygen atoms in total. The van der Waals surface area contributed by atoms with Gasteiger partial charge in [0.05, 0.1) is 17.1 Å². The van der Waals surface area contributed by atoms with Crippen LogP contribution in [0.4, 0.5) is 5.95 Å². The molecule has 0 aliphatic rings. The molecule has 0 radical (unpaired) electrons. The Labute approximate surface area is 207 Å². The summed E-state index contributed by atoms with van der Waals surface area (Å²) in [6.45, 7) is 2.10. The highest BCUT2D eigenvalue weighted by Crippen LogP contribution is 2.21. The van der Waals surface area contributed by atoms with E-state index in [1.807, 2.05) is 60.8 Å². The van der Waals surface area contributed by atoms with Gasteiger partial charge in [0.25, 0.3) is 0 Å². The van der Waals surface area contributed by atoms with Crippen LogP contribution in [-0.4, -0.2) is 19.9 Å². The molecule has 2 aromatic heterocycles. The summed E-state index contributed by atoms with van der Waals surface area (Å²) in [5.74, 6) is 0.649. The molecule has 0 bridgehead atoms. The Balaban J connectivity index is 0.000000174. The first-order chi connectivity index (χ1) is 15.5. The minimum absolute atomic E-state index is 0.170. The van der Waals surface area contributed by atoms with Gasteiger partial charge in [-0.15, -0.1) is 0 Å². The molecule has 0 unspecified atom stereocenters. The lowest BCUT2D eigenvalue weighted by molar-refractivity contribution is 0.864. The van der Waals surface area contributed by atoms with Crippen molar-refractivity contribution < 1.29 is 0 Å². The van der Waals surface area contributed by atoms with E-state index < -0.39 is 0 Å². The Morgan fingerprint density at radius 3 is 2.03 bits per heavy atom. The van der Waals surface area contributed by atoms with Gasteiger partial charge < -0.3 is 5.32 Å². The predicted molar refractivity (Wildman–Crippen MR) is 138 cm³/mol. The van der Waals surface area contributed by atoms with Gasteiger partial charge in [0.15, 0.2) is 0 Å². The van der Waals surface area contributed by atoms with Gasteiger partial charge >= 0.3 is 0 Å². The number of anilines is 1. The van der Waals surface area contributed by atoms with Gasteiger partial charge in [-0.2, -0.15) is 0 Å². The van der Waals surface area contributed by atoms with Crippen molar-refractivity contribution in [3.63, 3.8) is 0 Å². The van der Waals surface area contributed by atoms with E-state index in [9.17, 15) is 0 Å². The molecule has 1 atom stereocenters. The molecule has 0 spiro atoms. The van der Waals surface area contributed by atoms with Crippen molar-refractivity contribution in [2.75, 3.05) is 5.32 Å². The summed E-state index contributed by atoms with van der Waals surface area (Å²) in [6.07, 6.45) is 3.54. The summed E-state index contributed by atoms with van der Waals surface area (Å²) in [6, 6.07) is 22.2. The van der Waals surface area contributed by atoms with E-state index in [4.69, 9.17) is 11.6 Å². The number of rotatable bonds is 3. The molecule has 5 aromatic rings. The molecule has 1 N–H and O–H groups in total. The molecular formula is C24H18Br2ClN5. The molecule has 0 aliphatic carbocycles. The monoisotopic (exact) mass is 569 g/mol. The summed E-state index contributed by atoms with van der Waals surface area (Å²) >= 11 is 12.4. The van der Waals surface area contributed by atoms with Crippen LogP contribution >= 0.6 is 43.5 Å². The third-order valence-electron chi connectivity index (χ3n) is 4.70. The fourth-order valence-corrected chi connectivity index (χ4v) is 3.97. The lowest BCUT2D eigenvalue weighted by Crippen LogP contribution is -2.09. The molecule has 0 saturated carbocycles. The standard InChI is InChI=1S/C16H14BrN3.C8H4BrClN2/c1-11(12-5-3-2-4-6-12)19-16-18-10-13-9-14(17)7-8-15(13)20-16;9-6-1-2-7-5(3-6)4-11-8(10)12-7/h2-11H,1H3,(H,18,19,20);1-4H/t11-;/m1./s1. The number of hydrogen-bond donors (Lipinski definition) is 1. The smallest absolute Gasteiger partial charge is 0.223 e. The Bertz CT molecular complexity index is 1320. The van der Waals surface area contributed by atoms with Crippen molar-refractivity contribution in [1.82, 2.24) is 19.9 Å². The van der Waals surface area contributed by atoms with Crippen molar-refractivity contribution in [3.05, 3.63) is 98.9 Å². The second-order valence-electron chi connectivity index (χ2n) is 7.02. The molecule has 0 saturated heterocycles. The molecule has 5 rings (SSSR count). The normalized spacial score (nSPS) is 11.6. The highest BCUT2D eigenvalue weighted by molar-refractivity contribution is 9.10. The van der Waals surface area contributed by atoms with Crippen LogP contribution in [-0.2, 0) is 0 Å². The van der Waals surface area contributed by atoms with E-state index in [2.05, 4.69) is 76.2 Å². The summed E-state index contributed by atoms with van der Waals surface area (Å²) in [5.41, 5.74) is 3.01. The van der Waals surface area contributed by atoms with E-state index in [-0.39, 0.29) is 11.3 Å². The summed E-state index contributed by atoms with van der Waals surface area (Å²) in [7, 11) is 0. The number of aromatic nitrogens is 4. The summed E-state index contributed by atoms with van der Waals surface area (Å²) in [5, 5.41) is 5.62. The average Bonchev–Trinajstić information content (AvgIpc) is 2.80. The largest absolute Gasteiger partial charge is 0.348 e. The van der Waals surface area contributed by atoms with E-state index in [0.29, 0.717) is 5.95 Å². The van der Waals surface area contributed by atoms with Gasteiger partial charge in [0, 0.05) is 32.1 Å². The van der Waals surface area contributed by atoms with Crippen molar-refractivity contribution in [1.29, 1.82) is 0 Å². The number of fused-ring (bicyclic) bond motifs is 2. The number of nitrogens with zero attached hydrogens (tertiary/aromatic N) is 4. The Morgan fingerprint density at radius 1 is 0.781 bits per heavy atom. The van der Waals surface area contributed by atoms with Crippen LogP contribution in [0.1, 0.15) is 18.5 Å². The van der Waals surface area contributed by atoms with Crippen LogP contribution < -0.4 is 5.32 Å². The SMILES string of the molecule is C[C@@H](Nc1ncc2cc(Br)ccc2n1)c1ccccc1.Clc1ncc2cc(Br)ccc2n1. The maximum atomic E-state index is 5.62. The quantitative estimate of drug-likeness (QED) is 0.226. The predicted octanol–water partition coefficient (Wildman–Crippen LogP) is 7.61. The maximum Gasteiger partial charge on any atom is 0.223 e. The molecule has 0 fully saturated rings. The lowest BCUT2D eigenvalue weighted by atomic mass is 10.1. The van der Waals surface area contributed by atoms with Crippen molar-refractivity contribution in [3.8, 4) is 0 Å². The molecular weight excluding hydrogens is 554 g/mol. The number of benzene rings is 3. The highest BCUT2D eigenvalue weighted by atomic mass is 79.9. The van der Waals surface area contributed by atoms with Crippen LogP contribution in [0.5, 0.6) is 0 Å². The average molecular weight is 572 g/mol. The zero-order chi connectivity index (χ0) is 22.5. The first-order valence-electron chi connectivity index (χ1n) is 9.79. The summed E-state index contributed by atoms with van der Waals surface area (Å²) < 4.78 is 2.05. The van der Waals surface area contributed by atoms with E-state index >= 15 is 0 Å². The molecule has 32 heavy (non-hydrogen) atoms. The number of halogens is 3. The van der Waals surface area contributed by atoms with E-state index in [1.54, 1.807) is 6.20 Å². The number of hydrogen-bond acceptors (Lipinski definition) is 5. The second kappa shape index (κ2) is 10.3. The van der Waals surface area contributed by atoms with Crippen LogP contribution in [0, 0.1) is 0 Å². The first kappa shape index (κ1) is 22.6. The van der Waals surface area contributed by atoms with Gasteiger partial charge in [0.2, 0.25) is 11.2 Å². The second-order valence-corrected chi connectivity index (χ2v) is 9.19. The minimum atomic E-state index is 0.170. The van der Waals surface area contributed by atoms with Gasteiger partial charge in [-0.25, -0.2) is 19.9 Å². The van der Waals surface area contributed by atoms with Crippen LogP contribution in [0.3, 0.4) is 0 Å². The number of nitrogens with one attached hydrogen (secondary N) is 1. The first-order valence-corrected chi connectivity index (χ1v) is 11.8. The molecule has 2 heterocycles. The zero-order valence-electron chi connectivity index (χ0n) is 17.0. The molecule has 0 amide bonds. The van der Waals surface area contributed by atoms with Crippen molar-refractivity contribution in [2.24, 2.45) is 0 Å². The molecule has 160 valence electrons. The Kier molecular flexibility index (Phi) is 7.29. The van der Waals surface area contributed by atoms with Gasteiger partial charge in [0.1, 0.15) is 0 Å².